The van der Waals surface area contributed by atoms with E-state index in [1.165, 1.54) is 0 Å². The van der Waals surface area contributed by atoms with E-state index >= 15 is 0 Å². The van der Waals surface area contributed by atoms with E-state index in [4.69, 9.17) is 9.47 Å². The lowest BCUT2D eigenvalue weighted by Gasteiger charge is -2.26. The molecule has 0 radical (unpaired) electrons. The minimum absolute atomic E-state index is 0.0173. The Bertz CT molecular complexity index is 705. The average Bonchev–Trinajstić information content (AvgIpc) is 2.57. The first kappa shape index (κ1) is 16.0. The summed E-state index contributed by atoms with van der Waals surface area (Å²) in [5.74, 6) is 0.839. The van der Waals surface area contributed by atoms with Gasteiger partial charge in [0.1, 0.15) is 5.75 Å². The van der Waals surface area contributed by atoms with Crippen molar-refractivity contribution in [1.82, 2.24) is 9.88 Å². The third kappa shape index (κ3) is 4.12. The second-order valence-electron chi connectivity index (χ2n) is 5.86. The zero-order valence-electron chi connectivity index (χ0n) is 13.6. The monoisotopic (exact) mass is 316 g/mol. The predicted octanol–water partition coefficient (Wildman–Crippen LogP) is 2.19. The van der Waals surface area contributed by atoms with Crippen LogP contribution in [0.5, 0.6) is 5.75 Å². The Morgan fingerprint density at radius 1 is 1.26 bits per heavy atom. The Hall–Kier alpha value is -1.85. The minimum Gasteiger partial charge on any atom is -0.494 e. The van der Waals surface area contributed by atoms with Crippen LogP contribution in [0.1, 0.15) is 18.9 Å². The van der Waals surface area contributed by atoms with Crippen LogP contribution < -0.4 is 10.3 Å². The normalized spacial score (nSPS) is 15.9. The van der Waals surface area contributed by atoms with Crippen molar-refractivity contribution in [2.24, 2.45) is 0 Å². The second-order valence-corrected chi connectivity index (χ2v) is 5.86. The molecule has 124 valence electrons. The van der Waals surface area contributed by atoms with E-state index in [1.807, 2.05) is 31.2 Å². The third-order valence-electron chi connectivity index (χ3n) is 4.23. The molecule has 0 amide bonds. The summed E-state index contributed by atoms with van der Waals surface area (Å²) >= 11 is 0. The molecule has 1 aromatic carbocycles. The summed E-state index contributed by atoms with van der Waals surface area (Å²) in [6.45, 7) is 7.24. The van der Waals surface area contributed by atoms with Crippen LogP contribution >= 0.6 is 0 Å². The summed E-state index contributed by atoms with van der Waals surface area (Å²) in [5.41, 5.74) is 1.72. The van der Waals surface area contributed by atoms with Gasteiger partial charge in [-0.05, 0) is 50.6 Å². The summed E-state index contributed by atoms with van der Waals surface area (Å²) in [4.78, 5) is 17.6. The third-order valence-corrected chi connectivity index (χ3v) is 4.23. The lowest BCUT2D eigenvalue weighted by Crippen LogP contribution is -2.37. The molecule has 2 heterocycles. The Labute approximate surface area is 136 Å². The highest BCUT2D eigenvalue weighted by atomic mass is 16.5. The van der Waals surface area contributed by atoms with Crippen molar-refractivity contribution in [2.75, 3.05) is 39.5 Å². The fourth-order valence-electron chi connectivity index (χ4n) is 2.99. The van der Waals surface area contributed by atoms with E-state index in [0.717, 1.165) is 67.9 Å². The highest BCUT2D eigenvalue weighted by Gasteiger charge is 2.10. The van der Waals surface area contributed by atoms with Gasteiger partial charge in [-0.2, -0.15) is 0 Å². The zero-order chi connectivity index (χ0) is 16.1. The Morgan fingerprint density at radius 2 is 2.09 bits per heavy atom. The first-order chi connectivity index (χ1) is 11.3. The number of nitrogens with one attached hydrogen (secondary N) is 1. The molecule has 0 unspecified atom stereocenters. The Kier molecular flexibility index (Phi) is 5.31. The molecule has 0 aliphatic carbocycles. The van der Waals surface area contributed by atoms with Crippen LogP contribution in [-0.2, 0) is 11.2 Å². The van der Waals surface area contributed by atoms with Gasteiger partial charge >= 0.3 is 0 Å². The fraction of sp³-hybridized carbons (Fsp3) is 0.500. The summed E-state index contributed by atoms with van der Waals surface area (Å²) in [5, 5.41) is 1.02. The largest absolute Gasteiger partial charge is 0.494 e. The number of aryl methyl sites for hydroxylation is 1. The number of aromatic nitrogens is 1. The smallest absolute Gasteiger partial charge is 0.251 e. The number of benzene rings is 1. The maximum absolute atomic E-state index is 12.2. The molecule has 0 spiro atoms. The zero-order valence-corrected chi connectivity index (χ0v) is 13.6. The van der Waals surface area contributed by atoms with Crippen LogP contribution in [0.3, 0.4) is 0 Å². The molecule has 23 heavy (non-hydrogen) atoms. The standard InChI is InChI=1S/C18H24N2O3/c1-2-23-16-5-6-17-15(13-16)12-14(18(21)19-17)4-3-7-20-8-10-22-11-9-20/h5-6,12-13H,2-4,7-11H2,1H3,(H,19,21). The molecule has 1 aromatic heterocycles. The van der Waals surface area contributed by atoms with Gasteiger partial charge in [0.2, 0.25) is 0 Å². The SMILES string of the molecule is CCOc1ccc2[nH]c(=O)c(CCCN3CCOCC3)cc2c1. The predicted molar refractivity (Wildman–Crippen MR) is 91.3 cm³/mol. The molecular weight excluding hydrogens is 292 g/mol. The molecule has 5 heteroatoms. The van der Waals surface area contributed by atoms with Gasteiger partial charge in [0.25, 0.3) is 5.56 Å². The van der Waals surface area contributed by atoms with E-state index in [1.54, 1.807) is 0 Å². The highest BCUT2D eigenvalue weighted by molar-refractivity contribution is 5.80. The summed E-state index contributed by atoms with van der Waals surface area (Å²) in [7, 11) is 0. The van der Waals surface area contributed by atoms with Gasteiger partial charge in [-0.15, -0.1) is 0 Å². The topological polar surface area (TPSA) is 54.6 Å². The number of hydrogen-bond donors (Lipinski definition) is 1. The highest BCUT2D eigenvalue weighted by Crippen LogP contribution is 2.19. The second kappa shape index (κ2) is 7.62. The first-order valence-corrected chi connectivity index (χ1v) is 8.35. The number of hydrogen-bond acceptors (Lipinski definition) is 4. The quantitative estimate of drug-likeness (QED) is 0.887. The van der Waals surface area contributed by atoms with Gasteiger partial charge in [-0.1, -0.05) is 0 Å². The van der Waals surface area contributed by atoms with Crippen LogP contribution in [0.2, 0.25) is 0 Å². The maximum atomic E-state index is 12.2. The Morgan fingerprint density at radius 3 is 2.87 bits per heavy atom. The Balaban J connectivity index is 1.69. The number of aromatic amines is 1. The summed E-state index contributed by atoms with van der Waals surface area (Å²) in [6, 6.07) is 7.77. The first-order valence-electron chi connectivity index (χ1n) is 8.35. The molecule has 0 bridgehead atoms. The van der Waals surface area contributed by atoms with Crippen molar-refractivity contribution in [1.29, 1.82) is 0 Å². The number of fused-ring (bicyclic) bond motifs is 1. The van der Waals surface area contributed by atoms with Gasteiger partial charge in [0.05, 0.1) is 19.8 Å². The van der Waals surface area contributed by atoms with Gasteiger partial charge < -0.3 is 14.5 Å². The van der Waals surface area contributed by atoms with E-state index in [-0.39, 0.29) is 5.56 Å². The molecule has 3 rings (SSSR count). The number of morpholine rings is 1. The number of nitrogens with zero attached hydrogens (tertiary/aromatic N) is 1. The van der Waals surface area contributed by atoms with Gasteiger partial charge in [-0.3, -0.25) is 9.69 Å². The van der Waals surface area contributed by atoms with Crippen molar-refractivity contribution in [3.05, 3.63) is 40.2 Å². The summed E-state index contributed by atoms with van der Waals surface area (Å²) in [6.07, 6.45) is 1.78. The van der Waals surface area contributed by atoms with Crippen molar-refractivity contribution in [3.8, 4) is 5.75 Å². The van der Waals surface area contributed by atoms with Crippen LogP contribution in [0.15, 0.2) is 29.1 Å². The minimum atomic E-state index is 0.0173. The van der Waals surface area contributed by atoms with Crippen LogP contribution in [-0.4, -0.2) is 49.3 Å². The molecule has 1 aliphatic rings. The number of rotatable bonds is 6. The van der Waals surface area contributed by atoms with E-state index < -0.39 is 0 Å². The fourth-order valence-corrected chi connectivity index (χ4v) is 2.99. The van der Waals surface area contributed by atoms with E-state index in [9.17, 15) is 4.79 Å². The van der Waals surface area contributed by atoms with E-state index in [2.05, 4.69) is 9.88 Å². The lowest BCUT2D eigenvalue weighted by molar-refractivity contribution is 0.0374. The molecule has 1 aliphatic heterocycles. The molecule has 1 N–H and O–H groups in total. The number of ether oxygens (including phenoxy) is 2. The number of H-pyrrole nitrogens is 1. The summed E-state index contributed by atoms with van der Waals surface area (Å²) < 4.78 is 10.9. The molecule has 2 aromatic rings. The molecular formula is C18H24N2O3. The van der Waals surface area contributed by atoms with Crippen LogP contribution in [0.4, 0.5) is 0 Å². The van der Waals surface area contributed by atoms with Crippen molar-refractivity contribution in [3.63, 3.8) is 0 Å². The molecule has 5 nitrogen and oxygen atoms in total. The van der Waals surface area contributed by atoms with E-state index in [0.29, 0.717) is 6.61 Å². The van der Waals surface area contributed by atoms with Crippen molar-refractivity contribution >= 4 is 10.9 Å². The van der Waals surface area contributed by atoms with Crippen LogP contribution in [0, 0.1) is 0 Å². The van der Waals surface area contributed by atoms with Gasteiger partial charge in [0, 0.05) is 29.6 Å². The van der Waals surface area contributed by atoms with Crippen LogP contribution in [0.25, 0.3) is 10.9 Å². The lowest BCUT2D eigenvalue weighted by atomic mass is 10.1. The molecule has 0 saturated carbocycles. The maximum Gasteiger partial charge on any atom is 0.251 e. The molecule has 0 atom stereocenters. The number of pyridine rings is 1. The molecule has 1 saturated heterocycles. The van der Waals surface area contributed by atoms with Crippen molar-refractivity contribution < 1.29 is 9.47 Å². The van der Waals surface area contributed by atoms with Gasteiger partial charge in [0.15, 0.2) is 0 Å². The van der Waals surface area contributed by atoms with Gasteiger partial charge in [-0.25, -0.2) is 0 Å². The molecule has 1 fully saturated rings. The van der Waals surface area contributed by atoms with Crippen molar-refractivity contribution in [2.45, 2.75) is 19.8 Å². The average molecular weight is 316 g/mol.